The zero-order valence-corrected chi connectivity index (χ0v) is 8.77. The van der Waals surface area contributed by atoms with Gasteiger partial charge in [0.15, 0.2) is 0 Å². The van der Waals surface area contributed by atoms with Crippen LogP contribution in [-0.2, 0) is 9.53 Å². The molecule has 13 heavy (non-hydrogen) atoms. The van der Waals surface area contributed by atoms with Crippen LogP contribution >= 0.6 is 11.3 Å². The number of methoxy groups -OCH3 is 1. The molecule has 2 nitrogen and oxygen atoms in total. The molecule has 1 rings (SSSR count). The fraction of sp³-hybridized carbons (Fsp3) is 0.300. The molecule has 0 spiro atoms. The summed E-state index contributed by atoms with van der Waals surface area (Å²) in [6.07, 6.45) is 1.85. The molecular formula is C10H12O2S. The third kappa shape index (κ3) is 2.42. The van der Waals surface area contributed by atoms with Crippen LogP contribution in [0.25, 0.3) is 6.08 Å². The van der Waals surface area contributed by atoms with Crippen LogP contribution in [0.15, 0.2) is 17.0 Å². The van der Waals surface area contributed by atoms with E-state index in [-0.39, 0.29) is 5.97 Å². The zero-order chi connectivity index (χ0) is 9.84. The number of hydrogen-bond acceptors (Lipinski definition) is 3. The molecule has 3 heteroatoms. The highest BCUT2D eigenvalue weighted by Gasteiger charge is 2.04. The van der Waals surface area contributed by atoms with Crippen molar-refractivity contribution in [3.63, 3.8) is 0 Å². The Hall–Kier alpha value is -1.09. The first-order chi connectivity index (χ1) is 6.15. The maximum absolute atomic E-state index is 11.1. The summed E-state index contributed by atoms with van der Waals surface area (Å²) in [7, 11) is 1.39. The topological polar surface area (TPSA) is 26.3 Å². The fourth-order valence-electron chi connectivity index (χ4n) is 0.949. The second-order valence-corrected chi connectivity index (χ2v) is 3.73. The van der Waals surface area contributed by atoms with E-state index >= 15 is 0 Å². The number of hydrogen-bond donors (Lipinski definition) is 0. The highest BCUT2D eigenvalue weighted by Crippen LogP contribution is 2.19. The molecule has 0 unspecified atom stereocenters. The van der Waals surface area contributed by atoms with Gasteiger partial charge >= 0.3 is 5.97 Å². The number of rotatable bonds is 2. The Morgan fingerprint density at radius 2 is 2.31 bits per heavy atom. The third-order valence-electron chi connectivity index (χ3n) is 1.76. The van der Waals surface area contributed by atoms with Gasteiger partial charge in [-0.15, -0.1) is 11.3 Å². The Balaban J connectivity index is 2.88. The van der Waals surface area contributed by atoms with Crippen molar-refractivity contribution in [1.82, 2.24) is 0 Å². The van der Waals surface area contributed by atoms with Gasteiger partial charge in [0.1, 0.15) is 0 Å². The first-order valence-electron chi connectivity index (χ1n) is 3.96. The van der Waals surface area contributed by atoms with Crippen LogP contribution in [0.5, 0.6) is 0 Å². The Labute approximate surface area is 81.8 Å². The van der Waals surface area contributed by atoms with E-state index in [1.807, 2.05) is 24.4 Å². The van der Waals surface area contributed by atoms with E-state index in [2.05, 4.69) is 4.74 Å². The lowest BCUT2D eigenvalue weighted by Crippen LogP contribution is -2.00. The molecule has 0 aliphatic carbocycles. The lowest BCUT2D eigenvalue weighted by atomic mass is 10.2. The largest absolute Gasteiger partial charge is 0.466 e. The van der Waals surface area contributed by atoms with Crippen molar-refractivity contribution < 1.29 is 9.53 Å². The van der Waals surface area contributed by atoms with Crippen molar-refractivity contribution in [3.8, 4) is 0 Å². The van der Waals surface area contributed by atoms with Gasteiger partial charge in [-0.05, 0) is 36.9 Å². The Morgan fingerprint density at radius 3 is 2.77 bits per heavy atom. The molecule has 0 fully saturated rings. The van der Waals surface area contributed by atoms with Gasteiger partial charge < -0.3 is 4.74 Å². The molecule has 70 valence electrons. The minimum Gasteiger partial charge on any atom is -0.466 e. The molecular weight excluding hydrogens is 184 g/mol. The molecule has 0 amide bonds. The van der Waals surface area contributed by atoms with E-state index in [9.17, 15) is 4.79 Å². The normalized spacial score (nSPS) is 11.5. The molecule has 0 atom stereocenters. The second-order valence-electron chi connectivity index (χ2n) is 2.79. The summed E-state index contributed by atoms with van der Waals surface area (Å²) in [5, 5.41) is 2.01. The van der Waals surface area contributed by atoms with Gasteiger partial charge in [0, 0.05) is 10.5 Å². The van der Waals surface area contributed by atoms with Gasteiger partial charge in [-0.2, -0.15) is 0 Å². The number of carbonyl (C=O) groups is 1. The van der Waals surface area contributed by atoms with Gasteiger partial charge in [0.2, 0.25) is 0 Å². The molecule has 1 aromatic heterocycles. The van der Waals surface area contributed by atoms with Crippen molar-refractivity contribution in [1.29, 1.82) is 0 Å². The highest BCUT2D eigenvalue weighted by atomic mass is 32.1. The summed E-state index contributed by atoms with van der Waals surface area (Å²) < 4.78 is 4.60. The van der Waals surface area contributed by atoms with Crippen LogP contribution in [0.2, 0.25) is 0 Å². The minimum absolute atomic E-state index is 0.271. The lowest BCUT2D eigenvalue weighted by molar-refractivity contribution is -0.135. The lowest BCUT2D eigenvalue weighted by Gasteiger charge is -1.97. The summed E-state index contributed by atoms with van der Waals surface area (Å²) >= 11 is 1.62. The molecule has 1 aromatic rings. The number of ether oxygens (including phenoxy) is 1. The summed E-state index contributed by atoms with van der Waals surface area (Å²) in [5.41, 5.74) is 1.82. The molecule has 0 bridgehead atoms. The van der Waals surface area contributed by atoms with E-state index in [0.717, 1.165) is 4.88 Å². The summed E-state index contributed by atoms with van der Waals surface area (Å²) in [4.78, 5) is 12.2. The van der Waals surface area contributed by atoms with Crippen LogP contribution in [0.3, 0.4) is 0 Å². The highest BCUT2D eigenvalue weighted by molar-refractivity contribution is 7.11. The monoisotopic (exact) mass is 196 g/mol. The first-order valence-corrected chi connectivity index (χ1v) is 4.84. The van der Waals surface area contributed by atoms with Crippen LogP contribution in [0.4, 0.5) is 0 Å². The van der Waals surface area contributed by atoms with Crippen molar-refractivity contribution in [3.05, 3.63) is 27.5 Å². The summed E-state index contributed by atoms with van der Waals surface area (Å²) in [6, 6.07) is 2.03. The van der Waals surface area contributed by atoms with Crippen LogP contribution in [-0.4, -0.2) is 13.1 Å². The Kier molecular flexibility index (Phi) is 3.25. The van der Waals surface area contributed by atoms with Crippen LogP contribution in [0, 0.1) is 6.92 Å². The number of carbonyl (C=O) groups excluding carboxylic acids is 1. The van der Waals surface area contributed by atoms with Crippen LogP contribution in [0.1, 0.15) is 17.4 Å². The molecule has 0 aromatic carbocycles. The van der Waals surface area contributed by atoms with Crippen molar-refractivity contribution >= 4 is 23.4 Å². The van der Waals surface area contributed by atoms with Gasteiger partial charge in [-0.25, -0.2) is 4.79 Å². The van der Waals surface area contributed by atoms with Crippen molar-refractivity contribution in [2.24, 2.45) is 0 Å². The molecule has 0 aliphatic heterocycles. The van der Waals surface area contributed by atoms with Crippen LogP contribution < -0.4 is 0 Å². The second kappa shape index (κ2) is 4.23. The molecule has 0 radical (unpaired) electrons. The smallest absolute Gasteiger partial charge is 0.333 e. The maximum atomic E-state index is 11.1. The van der Waals surface area contributed by atoms with Gasteiger partial charge in [-0.1, -0.05) is 0 Å². The summed E-state index contributed by atoms with van der Waals surface area (Å²) in [5.74, 6) is -0.271. The van der Waals surface area contributed by atoms with E-state index in [1.165, 1.54) is 12.7 Å². The predicted molar refractivity (Wildman–Crippen MR) is 54.7 cm³/mol. The molecule has 0 saturated heterocycles. The van der Waals surface area contributed by atoms with Gasteiger partial charge in [0.25, 0.3) is 0 Å². The van der Waals surface area contributed by atoms with E-state index in [1.54, 1.807) is 18.3 Å². The predicted octanol–water partition coefficient (Wildman–Crippen LogP) is 2.63. The number of aryl methyl sites for hydroxylation is 1. The Morgan fingerprint density at radius 1 is 1.62 bits per heavy atom. The number of thiophene rings is 1. The van der Waals surface area contributed by atoms with Crippen molar-refractivity contribution in [2.75, 3.05) is 7.11 Å². The standard InChI is InChI=1S/C10H12O2S/c1-7-4-5-13-9(7)6-8(2)10(11)12-3/h4-6H,1-3H3. The maximum Gasteiger partial charge on any atom is 0.333 e. The quantitative estimate of drug-likeness (QED) is 0.537. The van der Waals surface area contributed by atoms with E-state index in [4.69, 9.17) is 0 Å². The third-order valence-corrected chi connectivity index (χ3v) is 2.72. The van der Waals surface area contributed by atoms with Gasteiger partial charge in [-0.3, -0.25) is 0 Å². The van der Waals surface area contributed by atoms with E-state index < -0.39 is 0 Å². The minimum atomic E-state index is -0.271. The van der Waals surface area contributed by atoms with Crippen molar-refractivity contribution in [2.45, 2.75) is 13.8 Å². The molecule has 0 saturated carbocycles. The SMILES string of the molecule is COC(=O)C(C)=Cc1sccc1C. The Bertz CT molecular complexity index is 336. The number of esters is 1. The average Bonchev–Trinajstić information content (AvgIpc) is 2.50. The molecule has 1 heterocycles. The van der Waals surface area contributed by atoms with E-state index in [0.29, 0.717) is 5.57 Å². The first kappa shape index (κ1) is 9.99. The zero-order valence-electron chi connectivity index (χ0n) is 7.96. The summed E-state index contributed by atoms with van der Waals surface area (Å²) in [6.45, 7) is 3.78. The molecule has 0 aliphatic rings. The average molecular weight is 196 g/mol. The molecule has 0 N–H and O–H groups in total. The fourth-order valence-corrected chi connectivity index (χ4v) is 1.87. The van der Waals surface area contributed by atoms with Gasteiger partial charge in [0.05, 0.1) is 7.11 Å².